The highest BCUT2D eigenvalue weighted by Gasteiger charge is 2.15. The first-order chi connectivity index (χ1) is 10.2. The lowest BCUT2D eigenvalue weighted by atomic mass is 10.1. The Bertz CT molecular complexity index is 739. The molecule has 1 aromatic heterocycles. The summed E-state index contributed by atoms with van der Waals surface area (Å²) in [5, 5.41) is 4.42. The molecule has 0 bridgehead atoms. The SMILES string of the molecule is CNC(Cc1ccc(Cl)c(F)c1)c1nc2ccccc2s1. The number of nitrogens with one attached hydrogen (secondary N) is 1. The van der Waals surface area contributed by atoms with Gasteiger partial charge in [0.1, 0.15) is 10.8 Å². The van der Waals surface area contributed by atoms with Gasteiger partial charge in [-0.25, -0.2) is 9.37 Å². The summed E-state index contributed by atoms with van der Waals surface area (Å²) in [6.07, 6.45) is 0.671. The van der Waals surface area contributed by atoms with Gasteiger partial charge in [-0.05, 0) is 43.3 Å². The maximum absolute atomic E-state index is 13.5. The van der Waals surface area contributed by atoms with Crippen molar-refractivity contribution < 1.29 is 4.39 Å². The topological polar surface area (TPSA) is 24.9 Å². The molecule has 5 heteroatoms. The van der Waals surface area contributed by atoms with E-state index < -0.39 is 0 Å². The largest absolute Gasteiger partial charge is 0.311 e. The first-order valence-corrected chi connectivity index (χ1v) is 7.83. The van der Waals surface area contributed by atoms with Crippen molar-refractivity contribution in [3.63, 3.8) is 0 Å². The highest BCUT2D eigenvalue weighted by molar-refractivity contribution is 7.18. The summed E-state index contributed by atoms with van der Waals surface area (Å²) in [5.74, 6) is -0.381. The van der Waals surface area contributed by atoms with E-state index in [0.29, 0.717) is 6.42 Å². The van der Waals surface area contributed by atoms with Crippen molar-refractivity contribution in [1.82, 2.24) is 10.3 Å². The second-order valence-corrected chi connectivity index (χ2v) is 6.28. The maximum atomic E-state index is 13.5. The van der Waals surface area contributed by atoms with Crippen molar-refractivity contribution in [2.24, 2.45) is 0 Å². The lowest BCUT2D eigenvalue weighted by Crippen LogP contribution is -2.18. The molecule has 3 aromatic rings. The summed E-state index contributed by atoms with van der Waals surface area (Å²) in [6, 6.07) is 13.0. The molecule has 0 fully saturated rings. The monoisotopic (exact) mass is 320 g/mol. The molecule has 0 aliphatic heterocycles. The Morgan fingerprint density at radius 1 is 1.29 bits per heavy atom. The summed E-state index contributed by atoms with van der Waals surface area (Å²) in [7, 11) is 1.89. The van der Waals surface area contributed by atoms with Gasteiger partial charge in [0.05, 0.1) is 21.3 Å². The zero-order valence-electron chi connectivity index (χ0n) is 11.4. The second kappa shape index (κ2) is 6.10. The lowest BCUT2D eigenvalue weighted by Gasteiger charge is -2.13. The number of nitrogens with zero attached hydrogens (tertiary/aromatic N) is 1. The molecule has 0 amide bonds. The molecular weight excluding hydrogens is 307 g/mol. The molecule has 21 heavy (non-hydrogen) atoms. The van der Waals surface area contributed by atoms with Gasteiger partial charge < -0.3 is 5.32 Å². The van der Waals surface area contributed by atoms with Gasteiger partial charge in [-0.15, -0.1) is 11.3 Å². The smallest absolute Gasteiger partial charge is 0.142 e. The summed E-state index contributed by atoms with van der Waals surface area (Å²) in [5.41, 5.74) is 1.90. The average molecular weight is 321 g/mol. The van der Waals surface area contributed by atoms with E-state index in [2.05, 4.69) is 16.4 Å². The number of hydrogen-bond acceptors (Lipinski definition) is 3. The van der Waals surface area contributed by atoms with E-state index in [1.165, 1.54) is 6.07 Å². The van der Waals surface area contributed by atoms with Crippen LogP contribution in [0.4, 0.5) is 4.39 Å². The number of hydrogen-bond donors (Lipinski definition) is 1. The average Bonchev–Trinajstić information content (AvgIpc) is 2.92. The number of likely N-dealkylation sites (N-methyl/N-ethyl adjacent to an activating group) is 1. The fourth-order valence-corrected chi connectivity index (χ4v) is 3.45. The van der Waals surface area contributed by atoms with E-state index in [9.17, 15) is 4.39 Å². The second-order valence-electron chi connectivity index (χ2n) is 4.81. The van der Waals surface area contributed by atoms with Crippen LogP contribution >= 0.6 is 22.9 Å². The standard InChI is InChI=1S/C16H14ClFN2S/c1-19-14(9-10-6-7-11(17)12(18)8-10)16-20-13-4-2-3-5-15(13)21-16/h2-8,14,19H,9H2,1H3. The van der Waals surface area contributed by atoms with E-state index in [-0.39, 0.29) is 16.9 Å². The predicted octanol–water partition coefficient (Wildman–Crippen LogP) is 4.59. The summed E-state index contributed by atoms with van der Waals surface area (Å²) >= 11 is 7.38. The zero-order valence-corrected chi connectivity index (χ0v) is 13.0. The normalized spacial score (nSPS) is 12.7. The van der Waals surface area contributed by atoms with Crippen LogP contribution < -0.4 is 5.32 Å². The molecule has 1 atom stereocenters. The Morgan fingerprint density at radius 3 is 2.81 bits per heavy atom. The number of rotatable bonds is 4. The van der Waals surface area contributed by atoms with Crippen LogP contribution in [0.5, 0.6) is 0 Å². The van der Waals surface area contributed by atoms with E-state index in [0.717, 1.165) is 20.8 Å². The van der Waals surface area contributed by atoms with Crippen LogP contribution in [0.15, 0.2) is 42.5 Å². The van der Waals surface area contributed by atoms with E-state index in [4.69, 9.17) is 11.6 Å². The van der Waals surface area contributed by atoms with Gasteiger partial charge in [0.25, 0.3) is 0 Å². The Morgan fingerprint density at radius 2 is 2.10 bits per heavy atom. The highest BCUT2D eigenvalue weighted by atomic mass is 35.5. The molecule has 0 saturated heterocycles. The summed E-state index contributed by atoms with van der Waals surface area (Å²) < 4.78 is 14.7. The molecule has 1 N–H and O–H groups in total. The first kappa shape index (κ1) is 14.4. The van der Waals surface area contributed by atoms with Gasteiger partial charge in [-0.2, -0.15) is 0 Å². The van der Waals surface area contributed by atoms with Gasteiger partial charge in [-0.3, -0.25) is 0 Å². The quantitative estimate of drug-likeness (QED) is 0.760. The third-order valence-electron chi connectivity index (χ3n) is 3.38. The van der Waals surface area contributed by atoms with E-state index in [1.807, 2.05) is 31.3 Å². The number of aromatic nitrogens is 1. The van der Waals surface area contributed by atoms with Crippen LogP contribution in [-0.4, -0.2) is 12.0 Å². The predicted molar refractivity (Wildman–Crippen MR) is 86.5 cm³/mol. The molecule has 0 aliphatic rings. The molecule has 0 radical (unpaired) electrons. The van der Waals surface area contributed by atoms with Gasteiger partial charge in [0.2, 0.25) is 0 Å². The summed E-state index contributed by atoms with van der Waals surface area (Å²) in [4.78, 5) is 4.66. The van der Waals surface area contributed by atoms with Gasteiger partial charge in [0.15, 0.2) is 0 Å². The molecular formula is C16H14ClFN2S. The molecule has 2 nitrogen and oxygen atoms in total. The third-order valence-corrected chi connectivity index (χ3v) is 4.84. The lowest BCUT2D eigenvalue weighted by molar-refractivity contribution is 0.582. The van der Waals surface area contributed by atoms with Crippen LogP contribution in [-0.2, 0) is 6.42 Å². The Balaban J connectivity index is 1.88. The molecule has 108 valence electrons. The summed E-state index contributed by atoms with van der Waals surface area (Å²) in [6.45, 7) is 0. The van der Waals surface area contributed by atoms with Crippen molar-refractivity contribution in [2.75, 3.05) is 7.05 Å². The number of benzene rings is 2. The van der Waals surface area contributed by atoms with Crippen molar-refractivity contribution in [2.45, 2.75) is 12.5 Å². The van der Waals surface area contributed by atoms with Gasteiger partial charge in [-0.1, -0.05) is 29.8 Å². The molecule has 3 rings (SSSR count). The minimum atomic E-state index is -0.381. The van der Waals surface area contributed by atoms with Crippen molar-refractivity contribution in [3.05, 3.63) is 63.9 Å². The minimum Gasteiger partial charge on any atom is -0.311 e. The first-order valence-electron chi connectivity index (χ1n) is 6.64. The Hall–Kier alpha value is -1.49. The van der Waals surface area contributed by atoms with Crippen LogP contribution in [0.2, 0.25) is 5.02 Å². The van der Waals surface area contributed by atoms with Gasteiger partial charge in [0, 0.05) is 0 Å². The molecule has 1 unspecified atom stereocenters. The number of para-hydroxylation sites is 1. The maximum Gasteiger partial charge on any atom is 0.142 e. The fraction of sp³-hybridized carbons (Fsp3) is 0.188. The molecule has 0 aliphatic carbocycles. The van der Waals surface area contributed by atoms with Gasteiger partial charge >= 0.3 is 0 Å². The molecule has 0 saturated carbocycles. The Labute approximate surface area is 131 Å². The van der Waals surface area contributed by atoms with Crippen LogP contribution in [0.1, 0.15) is 16.6 Å². The van der Waals surface area contributed by atoms with Crippen LogP contribution in [0.25, 0.3) is 10.2 Å². The van der Waals surface area contributed by atoms with Crippen molar-refractivity contribution in [1.29, 1.82) is 0 Å². The zero-order chi connectivity index (χ0) is 14.8. The van der Waals surface area contributed by atoms with E-state index in [1.54, 1.807) is 17.4 Å². The molecule has 2 aromatic carbocycles. The van der Waals surface area contributed by atoms with Crippen molar-refractivity contribution >= 4 is 33.2 Å². The number of fused-ring (bicyclic) bond motifs is 1. The third kappa shape index (κ3) is 3.07. The van der Waals surface area contributed by atoms with Crippen LogP contribution in [0, 0.1) is 5.82 Å². The fourth-order valence-electron chi connectivity index (χ4n) is 2.25. The molecule has 1 heterocycles. The number of halogens is 2. The highest BCUT2D eigenvalue weighted by Crippen LogP contribution is 2.28. The minimum absolute atomic E-state index is 0.0583. The van der Waals surface area contributed by atoms with E-state index >= 15 is 0 Å². The Kier molecular flexibility index (Phi) is 4.19. The molecule has 0 spiro atoms. The number of thiazole rings is 1. The van der Waals surface area contributed by atoms with Crippen LogP contribution in [0.3, 0.4) is 0 Å². The van der Waals surface area contributed by atoms with Crippen molar-refractivity contribution in [3.8, 4) is 0 Å².